The van der Waals surface area contributed by atoms with Crippen LogP contribution in [0.5, 0.6) is 0 Å². The highest BCUT2D eigenvalue weighted by molar-refractivity contribution is 6.30. The molecule has 0 heterocycles. The molecule has 86 valence electrons. The number of aliphatic hydroxyl groups is 1. The van der Waals surface area contributed by atoms with Crippen molar-refractivity contribution in [2.75, 3.05) is 6.61 Å². The first-order chi connectivity index (χ1) is 7.72. The van der Waals surface area contributed by atoms with Gasteiger partial charge in [-0.3, -0.25) is 4.79 Å². The molecule has 5 heteroatoms. The number of amides is 1. The minimum atomic E-state index is -0.209. The molecule has 0 aliphatic carbocycles. The zero-order chi connectivity index (χ0) is 11.8. The zero-order valence-corrected chi connectivity index (χ0v) is 9.44. The van der Waals surface area contributed by atoms with Gasteiger partial charge in [-0.2, -0.15) is 5.10 Å². The fourth-order valence-corrected chi connectivity index (χ4v) is 1.15. The van der Waals surface area contributed by atoms with Crippen LogP contribution in [0.2, 0.25) is 5.02 Å². The molecule has 0 aliphatic heterocycles. The Kier molecular flexibility index (Phi) is 5.53. The Morgan fingerprint density at radius 3 is 2.75 bits per heavy atom. The van der Waals surface area contributed by atoms with Crippen molar-refractivity contribution in [1.82, 2.24) is 5.43 Å². The molecule has 0 radical (unpaired) electrons. The van der Waals surface area contributed by atoms with Crippen LogP contribution < -0.4 is 5.43 Å². The molecule has 1 aromatic carbocycles. The third-order valence-electron chi connectivity index (χ3n) is 1.83. The van der Waals surface area contributed by atoms with Crippen LogP contribution in [0.25, 0.3) is 0 Å². The largest absolute Gasteiger partial charge is 0.396 e. The van der Waals surface area contributed by atoms with Gasteiger partial charge in [-0.25, -0.2) is 5.43 Å². The van der Waals surface area contributed by atoms with Crippen molar-refractivity contribution < 1.29 is 9.90 Å². The van der Waals surface area contributed by atoms with Crippen molar-refractivity contribution >= 4 is 23.7 Å². The Bertz CT molecular complexity index is 363. The summed E-state index contributed by atoms with van der Waals surface area (Å²) in [6, 6.07) is 7.09. The third-order valence-corrected chi connectivity index (χ3v) is 2.09. The molecule has 0 fully saturated rings. The number of aliphatic hydroxyl groups excluding tert-OH is 1. The monoisotopic (exact) mass is 240 g/mol. The third kappa shape index (κ3) is 4.91. The van der Waals surface area contributed by atoms with Crippen molar-refractivity contribution in [3.63, 3.8) is 0 Å². The lowest BCUT2D eigenvalue weighted by molar-refractivity contribution is -0.121. The van der Waals surface area contributed by atoms with Gasteiger partial charge in [0.2, 0.25) is 5.91 Å². The van der Waals surface area contributed by atoms with E-state index in [-0.39, 0.29) is 18.9 Å². The molecule has 0 saturated carbocycles. The number of hydrazone groups is 1. The van der Waals surface area contributed by atoms with Crippen LogP contribution in [-0.4, -0.2) is 23.8 Å². The number of hydrogen-bond acceptors (Lipinski definition) is 3. The highest BCUT2D eigenvalue weighted by Gasteiger charge is 1.97. The number of halogens is 1. The first kappa shape index (κ1) is 12.7. The van der Waals surface area contributed by atoms with Gasteiger partial charge in [-0.1, -0.05) is 23.7 Å². The van der Waals surface area contributed by atoms with Gasteiger partial charge in [-0.15, -0.1) is 0 Å². The van der Waals surface area contributed by atoms with E-state index in [9.17, 15) is 4.79 Å². The Labute approximate surface area is 98.9 Å². The molecule has 0 bridgehead atoms. The quantitative estimate of drug-likeness (QED) is 0.606. The predicted octanol–water partition coefficient (Wildman–Crippen LogP) is 1.56. The molecule has 16 heavy (non-hydrogen) atoms. The van der Waals surface area contributed by atoms with Gasteiger partial charge in [0.1, 0.15) is 0 Å². The van der Waals surface area contributed by atoms with E-state index in [1.54, 1.807) is 24.3 Å². The van der Waals surface area contributed by atoms with E-state index in [1.165, 1.54) is 6.21 Å². The smallest absolute Gasteiger partial charge is 0.240 e. The van der Waals surface area contributed by atoms with Crippen molar-refractivity contribution in [3.8, 4) is 0 Å². The Balaban J connectivity index is 2.37. The number of rotatable bonds is 5. The number of hydrogen-bond donors (Lipinski definition) is 2. The van der Waals surface area contributed by atoms with Crippen molar-refractivity contribution in [3.05, 3.63) is 34.9 Å². The summed E-state index contributed by atoms with van der Waals surface area (Å²) in [4.78, 5) is 11.1. The number of carbonyl (C=O) groups excluding carboxylic acids is 1. The van der Waals surface area contributed by atoms with E-state index in [2.05, 4.69) is 10.5 Å². The molecule has 0 unspecified atom stereocenters. The second-order valence-corrected chi connectivity index (χ2v) is 3.61. The lowest BCUT2D eigenvalue weighted by Gasteiger charge is -1.97. The molecule has 2 N–H and O–H groups in total. The number of carbonyl (C=O) groups is 1. The SMILES string of the molecule is O=C(CCCO)N/N=C\c1ccc(Cl)cc1. The lowest BCUT2D eigenvalue weighted by Crippen LogP contribution is -2.17. The van der Waals surface area contributed by atoms with Gasteiger partial charge in [0, 0.05) is 18.1 Å². The number of nitrogens with one attached hydrogen (secondary N) is 1. The van der Waals surface area contributed by atoms with E-state index in [0.717, 1.165) is 5.56 Å². The maximum atomic E-state index is 11.1. The van der Waals surface area contributed by atoms with E-state index in [0.29, 0.717) is 11.4 Å². The van der Waals surface area contributed by atoms with Gasteiger partial charge in [0.05, 0.1) is 6.21 Å². The summed E-state index contributed by atoms with van der Waals surface area (Å²) in [5.41, 5.74) is 3.22. The summed E-state index contributed by atoms with van der Waals surface area (Å²) in [7, 11) is 0. The molecular formula is C11H13ClN2O2. The standard InChI is InChI=1S/C11H13ClN2O2/c12-10-5-3-9(4-6-10)8-13-14-11(16)2-1-7-15/h3-6,8,15H,1-2,7H2,(H,14,16)/b13-8-. The average molecular weight is 241 g/mol. The second kappa shape index (κ2) is 6.98. The van der Waals surface area contributed by atoms with Gasteiger partial charge >= 0.3 is 0 Å². The fraction of sp³-hybridized carbons (Fsp3) is 0.273. The fourth-order valence-electron chi connectivity index (χ4n) is 1.02. The molecular weight excluding hydrogens is 228 g/mol. The van der Waals surface area contributed by atoms with E-state index >= 15 is 0 Å². The van der Waals surface area contributed by atoms with Gasteiger partial charge < -0.3 is 5.11 Å². The van der Waals surface area contributed by atoms with Gasteiger partial charge in [0.25, 0.3) is 0 Å². The van der Waals surface area contributed by atoms with Crippen molar-refractivity contribution in [2.24, 2.45) is 5.10 Å². The molecule has 0 saturated heterocycles. The summed E-state index contributed by atoms with van der Waals surface area (Å²) >= 11 is 5.72. The van der Waals surface area contributed by atoms with Crippen LogP contribution in [0.4, 0.5) is 0 Å². The minimum absolute atomic E-state index is 0.00825. The average Bonchev–Trinajstić information content (AvgIpc) is 2.29. The Morgan fingerprint density at radius 2 is 2.12 bits per heavy atom. The zero-order valence-electron chi connectivity index (χ0n) is 8.69. The van der Waals surface area contributed by atoms with Gasteiger partial charge in [-0.05, 0) is 24.1 Å². The number of nitrogens with zero attached hydrogens (tertiary/aromatic N) is 1. The summed E-state index contributed by atoms with van der Waals surface area (Å²) in [6.45, 7) is 0.00825. The molecule has 0 aliphatic rings. The van der Waals surface area contributed by atoms with E-state index in [4.69, 9.17) is 16.7 Å². The Morgan fingerprint density at radius 1 is 1.44 bits per heavy atom. The minimum Gasteiger partial charge on any atom is -0.396 e. The topological polar surface area (TPSA) is 61.7 Å². The van der Waals surface area contributed by atoms with Crippen LogP contribution in [0.1, 0.15) is 18.4 Å². The van der Waals surface area contributed by atoms with Crippen LogP contribution >= 0.6 is 11.6 Å². The maximum Gasteiger partial charge on any atom is 0.240 e. The number of benzene rings is 1. The summed E-state index contributed by atoms with van der Waals surface area (Å²) in [5.74, 6) is -0.209. The molecule has 4 nitrogen and oxygen atoms in total. The first-order valence-electron chi connectivity index (χ1n) is 4.90. The highest BCUT2D eigenvalue weighted by Crippen LogP contribution is 2.07. The van der Waals surface area contributed by atoms with Crippen molar-refractivity contribution in [2.45, 2.75) is 12.8 Å². The lowest BCUT2D eigenvalue weighted by atomic mass is 10.2. The van der Waals surface area contributed by atoms with Crippen LogP contribution in [0, 0.1) is 0 Å². The highest BCUT2D eigenvalue weighted by atomic mass is 35.5. The Hall–Kier alpha value is -1.39. The molecule has 0 atom stereocenters. The second-order valence-electron chi connectivity index (χ2n) is 3.17. The molecule has 1 aromatic rings. The predicted molar refractivity (Wildman–Crippen MR) is 63.5 cm³/mol. The van der Waals surface area contributed by atoms with Crippen LogP contribution in [0.3, 0.4) is 0 Å². The van der Waals surface area contributed by atoms with Crippen molar-refractivity contribution in [1.29, 1.82) is 0 Å². The summed E-state index contributed by atoms with van der Waals surface area (Å²) in [5, 5.41) is 12.9. The summed E-state index contributed by atoms with van der Waals surface area (Å²) < 4.78 is 0. The maximum absolute atomic E-state index is 11.1. The van der Waals surface area contributed by atoms with Gasteiger partial charge in [0.15, 0.2) is 0 Å². The summed E-state index contributed by atoms with van der Waals surface area (Å²) in [6.07, 6.45) is 2.25. The molecule has 0 aromatic heterocycles. The molecule has 1 rings (SSSR count). The van der Waals surface area contributed by atoms with Crippen LogP contribution in [-0.2, 0) is 4.79 Å². The van der Waals surface area contributed by atoms with E-state index < -0.39 is 0 Å². The van der Waals surface area contributed by atoms with Crippen LogP contribution in [0.15, 0.2) is 29.4 Å². The molecule has 1 amide bonds. The first-order valence-corrected chi connectivity index (χ1v) is 5.28. The molecule has 0 spiro atoms. The normalized spacial score (nSPS) is 10.6. The van der Waals surface area contributed by atoms with E-state index in [1.807, 2.05) is 0 Å².